The lowest BCUT2D eigenvalue weighted by atomic mass is 10.3. The lowest BCUT2D eigenvalue weighted by Crippen LogP contribution is -2.41. The van der Waals surface area contributed by atoms with Crippen LogP contribution in [-0.4, -0.2) is 39.1 Å². The first-order valence-electron chi connectivity index (χ1n) is 6.93. The number of fused-ring (bicyclic) bond motifs is 1. The summed E-state index contributed by atoms with van der Waals surface area (Å²) < 4.78 is 0.987. The van der Waals surface area contributed by atoms with E-state index in [0.717, 1.165) is 17.7 Å². The molecule has 0 fully saturated rings. The Bertz CT molecular complexity index is 806. The molecule has 0 atom stereocenters. The Balaban J connectivity index is 2.61. The minimum Gasteiger partial charge on any atom is -0.302 e. The fourth-order valence-electron chi connectivity index (χ4n) is 2.18. The van der Waals surface area contributed by atoms with Crippen LogP contribution in [0.25, 0.3) is 11.0 Å². The van der Waals surface area contributed by atoms with E-state index in [1.165, 1.54) is 6.20 Å². The van der Waals surface area contributed by atoms with Gasteiger partial charge in [-0.25, -0.2) is 4.98 Å². The summed E-state index contributed by atoms with van der Waals surface area (Å²) in [6.45, 7) is 6.35. The van der Waals surface area contributed by atoms with Gasteiger partial charge >= 0.3 is 11.1 Å². The molecule has 2 heterocycles. The molecule has 0 aliphatic rings. The molecule has 2 aromatic rings. The highest BCUT2D eigenvalue weighted by molar-refractivity contribution is 5.72. The highest BCUT2D eigenvalue weighted by Gasteiger charge is 2.09. The van der Waals surface area contributed by atoms with Crippen LogP contribution >= 0.6 is 0 Å². The van der Waals surface area contributed by atoms with Gasteiger partial charge in [-0.15, -0.1) is 0 Å². The summed E-state index contributed by atoms with van der Waals surface area (Å²) in [4.78, 5) is 44.7. The molecule has 21 heavy (non-hydrogen) atoms. The number of hydrogen-bond acceptors (Lipinski definition) is 5. The zero-order chi connectivity index (χ0) is 15.4. The third-order valence-corrected chi connectivity index (χ3v) is 3.49. The van der Waals surface area contributed by atoms with E-state index in [1.54, 1.807) is 12.1 Å². The number of pyridine rings is 1. The van der Waals surface area contributed by atoms with E-state index in [1.807, 2.05) is 13.8 Å². The molecule has 0 saturated heterocycles. The summed E-state index contributed by atoms with van der Waals surface area (Å²) in [7, 11) is 0. The summed E-state index contributed by atoms with van der Waals surface area (Å²) in [5.41, 5.74) is -2.04. The van der Waals surface area contributed by atoms with Gasteiger partial charge in [0.15, 0.2) is 0 Å². The van der Waals surface area contributed by atoms with Crippen LogP contribution in [-0.2, 0) is 6.54 Å². The average molecular weight is 290 g/mol. The predicted octanol–water partition coefficient (Wildman–Crippen LogP) is -0.213. The predicted molar refractivity (Wildman–Crippen MR) is 80.7 cm³/mol. The summed E-state index contributed by atoms with van der Waals surface area (Å²) in [6.07, 6.45) is 1.46. The van der Waals surface area contributed by atoms with Gasteiger partial charge < -0.3 is 9.88 Å². The number of likely N-dealkylation sites (N-methyl/N-ethyl adjacent to an activating group) is 1. The quantitative estimate of drug-likeness (QED) is 0.770. The molecular weight excluding hydrogens is 272 g/mol. The maximum absolute atomic E-state index is 12.4. The van der Waals surface area contributed by atoms with Crippen LogP contribution in [0, 0.1) is 0 Å². The van der Waals surface area contributed by atoms with Crippen molar-refractivity contribution in [2.75, 3.05) is 19.6 Å². The van der Waals surface area contributed by atoms with E-state index in [9.17, 15) is 14.4 Å². The molecule has 7 nitrogen and oxygen atoms in total. The van der Waals surface area contributed by atoms with E-state index < -0.39 is 16.7 Å². The van der Waals surface area contributed by atoms with E-state index in [-0.39, 0.29) is 17.6 Å². The number of aromatic nitrogens is 3. The summed E-state index contributed by atoms with van der Waals surface area (Å²) in [5, 5.41) is 0.233. The Morgan fingerprint density at radius 3 is 2.57 bits per heavy atom. The van der Waals surface area contributed by atoms with Gasteiger partial charge in [0.1, 0.15) is 5.65 Å². The number of nitrogens with one attached hydrogen (secondary N) is 1. The lowest BCUT2D eigenvalue weighted by Gasteiger charge is -2.17. The molecule has 0 spiro atoms. The maximum Gasteiger partial charge on any atom is 0.319 e. The van der Waals surface area contributed by atoms with Crippen molar-refractivity contribution < 1.29 is 0 Å². The first-order valence-corrected chi connectivity index (χ1v) is 6.93. The third-order valence-electron chi connectivity index (χ3n) is 3.49. The molecule has 0 amide bonds. The molecule has 112 valence electrons. The smallest absolute Gasteiger partial charge is 0.302 e. The molecular formula is C14H18N4O3. The molecule has 2 aromatic heterocycles. The van der Waals surface area contributed by atoms with Gasteiger partial charge in [-0.3, -0.25) is 19.0 Å². The van der Waals surface area contributed by atoms with Crippen molar-refractivity contribution in [1.82, 2.24) is 19.4 Å². The molecule has 0 aliphatic carbocycles. The fraction of sp³-hybridized carbons (Fsp3) is 0.429. The fourth-order valence-corrected chi connectivity index (χ4v) is 2.18. The summed E-state index contributed by atoms with van der Waals surface area (Å²) in [5.74, 6) is 0. The van der Waals surface area contributed by atoms with Crippen molar-refractivity contribution in [1.29, 1.82) is 0 Å². The van der Waals surface area contributed by atoms with Crippen LogP contribution in [0.4, 0.5) is 0 Å². The molecule has 1 N–H and O–H groups in total. The Labute approximate surface area is 120 Å². The Morgan fingerprint density at radius 2 is 1.90 bits per heavy atom. The third kappa shape index (κ3) is 3.08. The molecule has 7 heteroatoms. The first-order chi connectivity index (χ1) is 10.1. The zero-order valence-corrected chi connectivity index (χ0v) is 12.1. The highest BCUT2D eigenvalue weighted by Crippen LogP contribution is 1.98. The number of rotatable bonds is 5. The van der Waals surface area contributed by atoms with E-state index >= 15 is 0 Å². The van der Waals surface area contributed by atoms with Crippen molar-refractivity contribution >= 4 is 11.0 Å². The maximum atomic E-state index is 12.4. The van der Waals surface area contributed by atoms with Gasteiger partial charge in [0.25, 0.3) is 5.56 Å². The summed E-state index contributed by atoms with van der Waals surface area (Å²) >= 11 is 0. The molecule has 0 bridgehead atoms. The Morgan fingerprint density at radius 1 is 1.19 bits per heavy atom. The van der Waals surface area contributed by atoms with Gasteiger partial charge in [0.2, 0.25) is 0 Å². The van der Waals surface area contributed by atoms with Gasteiger partial charge in [0, 0.05) is 19.3 Å². The van der Waals surface area contributed by atoms with Crippen LogP contribution in [0.3, 0.4) is 0 Å². The largest absolute Gasteiger partial charge is 0.319 e. The average Bonchev–Trinajstić information content (AvgIpc) is 2.58. The van der Waals surface area contributed by atoms with E-state index in [4.69, 9.17) is 0 Å². The topological polar surface area (TPSA) is 88.1 Å². The van der Waals surface area contributed by atoms with Crippen LogP contribution < -0.4 is 16.7 Å². The van der Waals surface area contributed by atoms with Crippen molar-refractivity contribution in [3.63, 3.8) is 0 Å². The molecule has 0 aromatic carbocycles. The van der Waals surface area contributed by atoms with E-state index in [2.05, 4.69) is 14.9 Å². The van der Waals surface area contributed by atoms with E-state index in [0.29, 0.717) is 6.54 Å². The standard InChI is InChI=1S/C14H18N4O3/c1-3-17(4-2)8-9-18-13(20)10-6-5-7-15-11(10)16-12(19)14(18)21/h5-7H,3-4,8-9H2,1-2H3,(H,15,16,19). The second-order valence-electron chi connectivity index (χ2n) is 4.64. The Hall–Kier alpha value is -2.28. The Kier molecular flexibility index (Phi) is 4.64. The molecule has 2 rings (SSSR count). The SMILES string of the molecule is CCN(CC)CCn1c(=O)c(=O)[nH]c2ncccc2c1=O. The first kappa shape index (κ1) is 15.1. The minimum absolute atomic E-state index is 0.131. The van der Waals surface area contributed by atoms with Gasteiger partial charge in [-0.2, -0.15) is 0 Å². The van der Waals surface area contributed by atoms with Gasteiger partial charge in [-0.1, -0.05) is 13.8 Å². The molecule has 0 unspecified atom stereocenters. The van der Waals surface area contributed by atoms with Crippen LogP contribution in [0.5, 0.6) is 0 Å². The van der Waals surface area contributed by atoms with Crippen molar-refractivity contribution in [2.24, 2.45) is 0 Å². The number of hydrogen-bond donors (Lipinski definition) is 1. The number of H-pyrrole nitrogens is 1. The zero-order valence-electron chi connectivity index (χ0n) is 12.1. The van der Waals surface area contributed by atoms with Gasteiger partial charge in [-0.05, 0) is 25.2 Å². The molecule has 0 aliphatic heterocycles. The second kappa shape index (κ2) is 6.45. The normalized spacial score (nSPS) is 11.2. The second-order valence-corrected chi connectivity index (χ2v) is 4.64. The lowest BCUT2D eigenvalue weighted by molar-refractivity contribution is 0.288. The van der Waals surface area contributed by atoms with Crippen LogP contribution in [0.1, 0.15) is 13.8 Å². The van der Waals surface area contributed by atoms with Crippen molar-refractivity contribution in [2.45, 2.75) is 20.4 Å². The van der Waals surface area contributed by atoms with Crippen molar-refractivity contribution in [3.05, 3.63) is 49.4 Å². The summed E-state index contributed by atoms with van der Waals surface area (Å²) in [6, 6.07) is 3.15. The van der Waals surface area contributed by atoms with Crippen molar-refractivity contribution in [3.8, 4) is 0 Å². The van der Waals surface area contributed by atoms with Crippen LogP contribution in [0.2, 0.25) is 0 Å². The van der Waals surface area contributed by atoms with Gasteiger partial charge in [0.05, 0.1) is 5.39 Å². The molecule has 0 radical (unpaired) electrons. The monoisotopic (exact) mass is 290 g/mol. The van der Waals surface area contributed by atoms with Crippen LogP contribution in [0.15, 0.2) is 32.7 Å². The highest BCUT2D eigenvalue weighted by atomic mass is 16.2. The minimum atomic E-state index is -0.842. The number of nitrogens with zero attached hydrogens (tertiary/aromatic N) is 3. The number of aromatic amines is 1. The molecule has 0 saturated carbocycles.